The summed E-state index contributed by atoms with van der Waals surface area (Å²) < 4.78 is 5.77. The van der Waals surface area contributed by atoms with Crippen molar-refractivity contribution in [3.63, 3.8) is 0 Å². The third-order valence-electron chi connectivity index (χ3n) is 3.98. The van der Waals surface area contributed by atoms with Gasteiger partial charge in [-0.25, -0.2) is 0 Å². The van der Waals surface area contributed by atoms with E-state index in [0.717, 1.165) is 51.6 Å². The maximum Gasteiger partial charge on any atom is 0.191 e. The number of rotatable bonds is 7. The molecule has 0 aromatic rings. The summed E-state index contributed by atoms with van der Waals surface area (Å²) in [6, 6.07) is 0.586. The van der Waals surface area contributed by atoms with Crippen molar-refractivity contribution >= 4 is 5.96 Å². The highest BCUT2D eigenvalue weighted by Gasteiger charge is 2.29. The molecule has 1 aliphatic rings. The molecular weight excluding hydrogens is 252 g/mol. The van der Waals surface area contributed by atoms with Gasteiger partial charge in [-0.1, -0.05) is 6.92 Å². The Labute approximate surface area is 124 Å². The minimum absolute atomic E-state index is 0.0367. The van der Waals surface area contributed by atoms with Crippen LogP contribution in [0.15, 0.2) is 4.99 Å². The molecule has 1 aliphatic heterocycles. The van der Waals surface area contributed by atoms with Crippen LogP contribution < -0.4 is 10.6 Å². The quantitative estimate of drug-likeness (QED) is 0.549. The van der Waals surface area contributed by atoms with Crippen LogP contribution in [0.5, 0.6) is 0 Å². The summed E-state index contributed by atoms with van der Waals surface area (Å²) in [6.45, 7) is 13.5. The zero-order valence-electron chi connectivity index (χ0n) is 13.8. The van der Waals surface area contributed by atoms with Gasteiger partial charge in [-0.2, -0.15) is 0 Å². The van der Waals surface area contributed by atoms with E-state index in [1.165, 1.54) is 0 Å². The van der Waals surface area contributed by atoms with Gasteiger partial charge < -0.3 is 15.4 Å². The van der Waals surface area contributed by atoms with Gasteiger partial charge in [0.1, 0.15) is 0 Å². The van der Waals surface area contributed by atoms with Gasteiger partial charge in [0, 0.05) is 39.3 Å². The van der Waals surface area contributed by atoms with Crippen LogP contribution in [-0.2, 0) is 4.74 Å². The largest absolute Gasteiger partial charge is 0.373 e. The van der Waals surface area contributed by atoms with E-state index >= 15 is 0 Å². The average molecular weight is 284 g/mol. The van der Waals surface area contributed by atoms with E-state index in [0.29, 0.717) is 6.04 Å². The van der Waals surface area contributed by atoms with E-state index in [9.17, 15) is 0 Å². The van der Waals surface area contributed by atoms with Crippen LogP contribution in [0.2, 0.25) is 0 Å². The molecule has 20 heavy (non-hydrogen) atoms. The predicted octanol–water partition coefficient (Wildman–Crippen LogP) is 1.45. The SMILES string of the molecule is CCN(CCNC(=NC)NCC1(C)CCCO1)C(C)C. The first-order valence-electron chi connectivity index (χ1n) is 7.83. The highest BCUT2D eigenvalue weighted by molar-refractivity contribution is 5.79. The maximum absolute atomic E-state index is 5.77. The summed E-state index contributed by atoms with van der Waals surface area (Å²) in [7, 11) is 1.81. The van der Waals surface area contributed by atoms with Gasteiger partial charge >= 0.3 is 0 Å². The minimum atomic E-state index is -0.0367. The summed E-state index contributed by atoms with van der Waals surface area (Å²) in [4.78, 5) is 6.70. The number of guanidine groups is 1. The van der Waals surface area contributed by atoms with Gasteiger partial charge in [-0.15, -0.1) is 0 Å². The van der Waals surface area contributed by atoms with Gasteiger partial charge in [-0.3, -0.25) is 9.89 Å². The Balaban J connectivity index is 2.26. The standard InChI is InChI=1S/C15H32N4O/c1-6-19(13(2)3)10-9-17-14(16-5)18-12-15(4)8-7-11-20-15/h13H,6-12H2,1-5H3,(H2,16,17,18). The van der Waals surface area contributed by atoms with E-state index in [1.54, 1.807) is 0 Å². The topological polar surface area (TPSA) is 48.9 Å². The maximum atomic E-state index is 5.77. The molecule has 5 heteroatoms. The van der Waals surface area contributed by atoms with Crippen molar-refractivity contribution in [2.75, 3.05) is 39.8 Å². The molecule has 2 N–H and O–H groups in total. The van der Waals surface area contributed by atoms with E-state index in [2.05, 4.69) is 48.2 Å². The van der Waals surface area contributed by atoms with Crippen LogP contribution in [-0.4, -0.2) is 62.3 Å². The molecule has 0 aromatic heterocycles. The Bertz CT molecular complexity index is 298. The lowest BCUT2D eigenvalue weighted by Gasteiger charge is -2.26. The van der Waals surface area contributed by atoms with E-state index in [-0.39, 0.29) is 5.60 Å². The number of hydrogen-bond donors (Lipinski definition) is 2. The van der Waals surface area contributed by atoms with Crippen molar-refractivity contribution in [1.82, 2.24) is 15.5 Å². The lowest BCUT2D eigenvalue weighted by molar-refractivity contribution is 0.0243. The fourth-order valence-corrected chi connectivity index (χ4v) is 2.57. The Morgan fingerprint density at radius 1 is 1.40 bits per heavy atom. The van der Waals surface area contributed by atoms with Gasteiger partial charge in [-0.05, 0) is 40.2 Å². The zero-order valence-corrected chi connectivity index (χ0v) is 13.8. The molecule has 1 rings (SSSR count). The molecular formula is C15H32N4O. The molecule has 118 valence electrons. The van der Waals surface area contributed by atoms with Crippen LogP contribution in [0.1, 0.15) is 40.5 Å². The Hall–Kier alpha value is -0.810. The molecule has 0 amide bonds. The Morgan fingerprint density at radius 2 is 2.15 bits per heavy atom. The fraction of sp³-hybridized carbons (Fsp3) is 0.933. The number of ether oxygens (including phenoxy) is 1. The van der Waals surface area contributed by atoms with Crippen LogP contribution in [0, 0.1) is 0 Å². The molecule has 1 fully saturated rings. The fourth-order valence-electron chi connectivity index (χ4n) is 2.57. The van der Waals surface area contributed by atoms with Crippen LogP contribution in [0.4, 0.5) is 0 Å². The number of nitrogens with zero attached hydrogens (tertiary/aromatic N) is 2. The van der Waals surface area contributed by atoms with Crippen molar-refractivity contribution in [1.29, 1.82) is 0 Å². The zero-order chi connectivity index (χ0) is 15.0. The molecule has 0 aromatic carbocycles. The van der Waals surface area contributed by atoms with E-state index in [1.807, 2.05) is 7.05 Å². The third-order valence-corrected chi connectivity index (χ3v) is 3.98. The second-order valence-electron chi connectivity index (χ2n) is 5.98. The Morgan fingerprint density at radius 3 is 2.65 bits per heavy atom. The van der Waals surface area contributed by atoms with E-state index < -0.39 is 0 Å². The van der Waals surface area contributed by atoms with Crippen LogP contribution in [0.3, 0.4) is 0 Å². The number of aliphatic imine (C=N–C) groups is 1. The molecule has 0 saturated carbocycles. The molecule has 0 spiro atoms. The minimum Gasteiger partial charge on any atom is -0.373 e. The average Bonchev–Trinajstić information content (AvgIpc) is 2.85. The highest BCUT2D eigenvalue weighted by atomic mass is 16.5. The first-order valence-corrected chi connectivity index (χ1v) is 7.83. The molecule has 1 atom stereocenters. The second-order valence-corrected chi connectivity index (χ2v) is 5.98. The first-order chi connectivity index (χ1) is 9.50. The summed E-state index contributed by atoms with van der Waals surface area (Å²) in [5.74, 6) is 0.863. The lowest BCUT2D eigenvalue weighted by Crippen LogP contribution is -2.47. The van der Waals surface area contributed by atoms with Crippen molar-refractivity contribution in [3.05, 3.63) is 0 Å². The van der Waals surface area contributed by atoms with Gasteiger partial charge in [0.25, 0.3) is 0 Å². The van der Waals surface area contributed by atoms with Gasteiger partial charge in [0.2, 0.25) is 0 Å². The highest BCUT2D eigenvalue weighted by Crippen LogP contribution is 2.23. The smallest absolute Gasteiger partial charge is 0.191 e. The molecule has 0 radical (unpaired) electrons. The van der Waals surface area contributed by atoms with Gasteiger partial charge in [0.05, 0.1) is 5.60 Å². The third kappa shape index (κ3) is 5.67. The van der Waals surface area contributed by atoms with Crippen LogP contribution in [0.25, 0.3) is 0 Å². The Kier molecular flexibility index (Phi) is 7.30. The summed E-state index contributed by atoms with van der Waals surface area (Å²) >= 11 is 0. The molecule has 1 saturated heterocycles. The van der Waals surface area contributed by atoms with Crippen LogP contribution >= 0.6 is 0 Å². The van der Waals surface area contributed by atoms with Crippen molar-refractivity contribution < 1.29 is 4.74 Å². The van der Waals surface area contributed by atoms with Crippen molar-refractivity contribution in [2.45, 2.75) is 52.2 Å². The molecule has 1 heterocycles. The molecule has 5 nitrogen and oxygen atoms in total. The number of nitrogens with one attached hydrogen (secondary N) is 2. The second kappa shape index (κ2) is 8.47. The normalized spacial score (nSPS) is 23.6. The predicted molar refractivity (Wildman–Crippen MR) is 85.3 cm³/mol. The monoisotopic (exact) mass is 284 g/mol. The summed E-state index contributed by atoms with van der Waals surface area (Å²) in [6.07, 6.45) is 2.28. The summed E-state index contributed by atoms with van der Waals surface area (Å²) in [5.41, 5.74) is -0.0367. The lowest BCUT2D eigenvalue weighted by atomic mass is 10.0. The molecule has 0 aliphatic carbocycles. The van der Waals surface area contributed by atoms with Crippen molar-refractivity contribution in [3.8, 4) is 0 Å². The molecule has 1 unspecified atom stereocenters. The number of hydrogen-bond acceptors (Lipinski definition) is 3. The first kappa shape index (κ1) is 17.2. The number of likely N-dealkylation sites (N-methyl/N-ethyl adjacent to an activating group) is 1. The molecule has 0 bridgehead atoms. The van der Waals surface area contributed by atoms with Crippen molar-refractivity contribution in [2.24, 2.45) is 4.99 Å². The van der Waals surface area contributed by atoms with E-state index in [4.69, 9.17) is 4.74 Å². The van der Waals surface area contributed by atoms with Gasteiger partial charge in [0.15, 0.2) is 5.96 Å². The summed E-state index contributed by atoms with van der Waals surface area (Å²) in [5, 5.41) is 6.74.